The first-order chi connectivity index (χ1) is 8.56. The molecule has 4 N–H and O–H groups in total. The Balaban J connectivity index is 2.19. The minimum absolute atomic E-state index is 0.120. The van der Waals surface area contributed by atoms with Crippen molar-refractivity contribution in [2.75, 3.05) is 5.73 Å². The number of anilines is 1. The average molecular weight is 247 g/mol. The molecule has 3 aromatic rings. The van der Waals surface area contributed by atoms with E-state index in [1.807, 2.05) is 13.1 Å². The lowest BCUT2D eigenvalue weighted by molar-refractivity contribution is 0.0698. The highest BCUT2D eigenvalue weighted by Crippen LogP contribution is 2.26. The van der Waals surface area contributed by atoms with Crippen LogP contribution in [0.15, 0.2) is 16.9 Å². The van der Waals surface area contributed by atoms with Crippen LogP contribution in [0, 0.1) is 6.92 Å². The molecule has 0 aromatic carbocycles. The number of rotatable bonds is 2. The van der Waals surface area contributed by atoms with Crippen molar-refractivity contribution in [2.24, 2.45) is 0 Å². The van der Waals surface area contributed by atoms with Crippen LogP contribution in [0.1, 0.15) is 16.1 Å². The number of carboxylic acid groups (broad SMARTS) is 1. The molecule has 3 aromatic heterocycles. The summed E-state index contributed by atoms with van der Waals surface area (Å²) in [5.74, 6) is -0.831. The molecule has 0 fully saturated rings. The van der Waals surface area contributed by atoms with Crippen molar-refractivity contribution in [3.05, 3.63) is 23.7 Å². The number of H-pyrrole nitrogens is 1. The Labute approximate surface area is 100 Å². The van der Waals surface area contributed by atoms with Gasteiger partial charge in [0.05, 0.1) is 0 Å². The third kappa shape index (κ3) is 1.35. The normalized spacial score (nSPS) is 11.2. The summed E-state index contributed by atoms with van der Waals surface area (Å²) in [6.07, 6.45) is 3.48. The molecule has 0 aliphatic carbocycles. The van der Waals surface area contributed by atoms with Crippen LogP contribution in [0.4, 0.5) is 5.88 Å². The standard InChI is InChI=1S/C10H9N5O3/c1-4-2-15-3-5(13-10(15)12-4)7-6(9(16)17)8(11)18-14-7/h2-3H,11H2,1H3,(H,12,13)(H,16,17). The number of carboxylic acids is 1. The number of fused-ring (bicyclic) bond motifs is 1. The maximum atomic E-state index is 11.1. The van der Waals surface area contributed by atoms with Crippen molar-refractivity contribution in [3.8, 4) is 11.4 Å². The summed E-state index contributed by atoms with van der Waals surface area (Å²) in [6.45, 7) is 1.89. The van der Waals surface area contributed by atoms with E-state index in [4.69, 9.17) is 15.4 Å². The first kappa shape index (κ1) is 10.4. The lowest BCUT2D eigenvalue weighted by Gasteiger charge is -1.91. The molecule has 0 unspecified atom stereocenters. The van der Waals surface area contributed by atoms with Crippen molar-refractivity contribution in [2.45, 2.75) is 6.92 Å². The predicted molar refractivity (Wildman–Crippen MR) is 61.1 cm³/mol. The van der Waals surface area contributed by atoms with Gasteiger partial charge in [0, 0.05) is 18.1 Å². The number of nitrogens with two attached hydrogens (primary N) is 1. The maximum Gasteiger partial charge on any atom is 0.343 e. The van der Waals surface area contributed by atoms with Crippen LogP contribution >= 0.6 is 0 Å². The first-order valence-electron chi connectivity index (χ1n) is 5.09. The number of carbonyl (C=O) groups is 1. The number of nitrogen functional groups attached to an aromatic ring is 1. The number of hydrogen-bond acceptors (Lipinski definition) is 5. The quantitative estimate of drug-likeness (QED) is 0.618. The summed E-state index contributed by atoms with van der Waals surface area (Å²) in [5.41, 5.74) is 6.70. The molecule has 8 nitrogen and oxygen atoms in total. The molecule has 0 amide bonds. The Morgan fingerprint density at radius 2 is 2.33 bits per heavy atom. The number of aromatic amines is 1. The second kappa shape index (κ2) is 3.36. The van der Waals surface area contributed by atoms with Crippen LogP contribution in [0.25, 0.3) is 17.2 Å². The molecule has 0 spiro atoms. The summed E-state index contributed by atoms with van der Waals surface area (Å²) in [5, 5.41) is 12.7. The van der Waals surface area contributed by atoms with E-state index in [1.54, 1.807) is 10.6 Å². The van der Waals surface area contributed by atoms with Crippen molar-refractivity contribution < 1.29 is 14.4 Å². The van der Waals surface area contributed by atoms with Crippen molar-refractivity contribution in [1.82, 2.24) is 19.5 Å². The average Bonchev–Trinajstić information content (AvgIpc) is 2.89. The molecule has 8 heteroatoms. The number of hydrogen-bond donors (Lipinski definition) is 3. The minimum Gasteiger partial charge on any atom is -0.477 e. The fourth-order valence-electron chi connectivity index (χ4n) is 1.80. The Kier molecular flexibility index (Phi) is 1.94. The molecule has 3 rings (SSSR count). The zero-order valence-electron chi connectivity index (χ0n) is 9.34. The Bertz CT molecular complexity index is 719. The molecule has 0 saturated carbocycles. The van der Waals surface area contributed by atoms with Crippen molar-refractivity contribution in [1.29, 1.82) is 0 Å². The van der Waals surface area contributed by atoms with E-state index in [9.17, 15) is 4.79 Å². The molecule has 0 saturated heterocycles. The molecule has 18 heavy (non-hydrogen) atoms. The SMILES string of the molecule is Cc1cn2cc(-c3noc(N)c3C(=O)O)nc2[nH]1. The topological polar surface area (TPSA) is 122 Å². The van der Waals surface area contributed by atoms with Crippen molar-refractivity contribution in [3.63, 3.8) is 0 Å². The molecule has 3 heterocycles. The van der Waals surface area contributed by atoms with Crippen LogP contribution in [0.2, 0.25) is 0 Å². The van der Waals surface area contributed by atoms with E-state index in [-0.39, 0.29) is 17.1 Å². The van der Waals surface area contributed by atoms with Gasteiger partial charge in [-0.2, -0.15) is 0 Å². The molecule has 0 atom stereocenters. The number of imidazole rings is 2. The van der Waals surface area contributed by atoms with Crippen molar-refractivity contribution >= 4 is 17.6 Å². The van der Waals surface area contributed by atoms with Crippen LogP contribution in [0.5, 0.6) is 0 Å². The Morgan fingerprint density at radius 1 is 1.56 bits per heavy atom. The number of aryl methyl sites for hydroxylation is 1. The van der Waals surface area contributed by atoms with E-state index in [1.165, 1.54) is 0 Å². The lowest BCUT2D eigenvalue weighted by atomic mass is 10.2. The van der Waals surface area contributed by atoms with Gasteiger partial charge in [0.1, 0.15) is 5.69 Å². The minimum atomic E-state index is -1.20. The maximum absolute atomic E-state index is 11.1. The molecule has 0 bridgehead atoms. The largest absolute Gasteiger partial charge is 0.477 e. The number of aromatic carboxylic acids is 1. The lowest BCUT2D eigenvalue weighted by Crippen LogP contribution is -2.01. The van der Waals surface area contributed by atoms with Crippen LogP contribution in [0.3, 0.4) is 0 Å². The summed E-state index contributed by atoms with van der Waals surface area (Å²) >= 11 is 0. The summed E-state index contributed by atoms with van der Waals surface area (Å²) in [4.78, 5) is 18.3. The van der Waals surface area contributed by atoms with E-state index in [0.717, 1.165) is 5.69 Å². The van der Waals surface area contributed by atoms with E-state index in [0.29, 0.717) is 11.5 Å². The Morgan fingerprint density at radius 3 is 3.00 bits per heavy atom. The molecule has 92 valence electrons. The molecular formula is C10H9N5O3. The van der Waals surface area contributed by atoms with E-state index >= 15 is 0 Å². The van der Waals surface area contributed by atoms with Gasteiger partial charge in [-0.05, 0) is 6.92 Å². The van der Waals surface area contributed by atoms with Gasteiger partial charge in [0.15, 0.2) is 11.3 Å². The van der Waals surface area contributed by atoms with Crippen LogP contribution in [-0.2, 0) is 0 Å². The monoisotopic (exact) mass is 247 g/mol. The number of nitrogens with zero attached hydrogens (tertiary/aromatic N) is 3. The third-order valence-corrected chi connectivity index (χ3v) is 2.55. The molecule has 0 aliphatic heterocycles. The molecular weight excluding hydrogens is 238 g/mol. The highest BCUT2D eigenvalue weighted by molar-refractivity contribution is 5.98. The van der Waals surface area contributed by atoms with E-state index in [2.05, 4.69) is 15.1 Å². The van der Waals surface area contributed by atoms with Gasteiger partial charge in [-0.3, -0.25) is 4.40 Å². The smallest absolute Gasteiger partial charge is 0.343 e. The number of aromatic nitrogens is 4. The Hall–Kier alpha value is -2.77. The van der Waals surface area contributed by atoms with Crippen LogP contribution < -0.4 is 5.73 Å². The predicted octanol–water partition coefficient (Wildman–Crippen LogP) is 0.906. The van der Waals surface area contributed by atoms with Gasteiger partial charge in [-0.15, -0.1) is 0 Å². The van der Waals surface area contributed by atoms with Gasteiger partial charge in [0.2, 0.25) is 11.7 Å². The first-order valence-corrected chi connectivity index (χ1v) is 5.09. The summed E-state index contributed by atoms with van der Waals surface area (Å²) in [6, 6.07) is 0. The van der Waals surface area contributed by atoms with E-state index < -0.39 is 5.97 Å². The highest BCUT2D eigenvalue weighted by atomic mass is 16.5. The number of nitrogens with one attached hydrogen (secondary N) is 1. The molecule has 0 aliphatic rings. The van der Waals surface area contributed by atoms with Gasteiger partial charge in [-0.25, -0.2) is 9.78 Å². The second-order valence-electron chi connectivity index (χ2n) is 3.87. The van der Waals surface area contributed by atoms with Gasteiger partial charge < -0.3 is 20.3 Å². The van der Waals surface area contributed by atoms with Gasteiger partial charge in [0.25, 0.3) is 0 Å². The fourth-order valence-corrected chi connectivity index (χ4v) is 1.80. The zero-order valence-corrected chi connectivity index (χ0v) is 9.34. The van der Waals surface area contributed by atoms with Crippen LogP contribution in [-0.4, -0.2) is 30.6 Å². The molecule has 0 radical (unpaired) electrons. The van der Waals surface area contributed by atoms with Gasteiger partial charge in [-0.1, -0.05) is 5.16 Å². The summed E-state index contributed by atoms with van der Waals surface area (Å²) < 4.78 is 6.43. The zero-order chi connectivity index (χ0) is 12.9. The third-order valence-electron chi connectivity index (χ3n) is 2.55. The second-order valence-corrected chi connectivity index (χ2v) is 3.87. The summed E-state index contributed by atoms with van der Waals surface area (Å²) in [7, 11) is 0. The fraction of sp³-hybridized carbons (Fsp3) is 0.100. The van der Waals surface area contributed by atoms with Gasteiger partial charge >= 0.3 is 5.97 Å². The highest BCUT2D eigenvalue weighted by Gasteiger charge is 2.23.